The summed E-state index contributed by atoms with van der Waals surface area (Å²) in [6.07, 6.45) is 0.209. The monoisotopic (exact) mass is 381 g/mol. The van der Waals surface area contributed by atoms with Gasteiger partial charge in [0.25, 0.3) is 5.91 Å². The predicted octanol–water partition coefficient (Wildman–Crippen LogP) is 2.66. The van der Waals surface area contributed by atoms with Gasteiger partial charge in [0.1, 0.15) is 0 Å². The number of rotatable bonds is 6. The van der Waals surface area contributed by atoms with E-state index in [4.69, 9.17) is 4.74 Å². The number of hydrogen-bond donors (Lipinski definition) is 2. The van der Waals surface area contributed by atoms with Gasteiger partial charge in [-0.2, -0.15) is 0 Å². The lowest BCUT2D eigenvalue weighted by molar-refractivity contribution is -0.121. The Morgan fingerprint density at radius 2 is 1.64 bits per heavy atom. The van der Waals surface area contributed by atoms with E-state index >= 15 is 0 Å². The maximum atomic E-state index is 12.6. The Bertz CT molecular complexity index is 800. The minimum Gasteiger partial charge on any atom is -0.373 e. The maximum absolute atomic E-state index is 12.6. The number of morpholine rings is 1. The van der Waals surface area contributed by atoms with Crippen molar-refractivity contribution in [1.82, 2.24) is 10.2 Å². The summed E-state index contributed by atoms with van der Waals surface area (Å²) in [6, 6.07) is 16.8. The zero-order valence-corrected chi connectivity index (χ0v) is 16.4. The van der Waals surface area contributed by atoms with Crippen molar-refractivity contribution in [2.24, 2.45) is 0 Å². The number of hydrogen-bond acceptors (Lipinski definition) is 4. The van der Waals surface area contributed by atoms with E-state index < -0.39 is 0 Å². The molecule has 0 saturated carbocycles. The van der Waals surface area contributed by atoms with Crippen molar-refractivity contribution in [1.29, 1.82) is 0 Å². The molecule has 0 aromatic heterocycles. The second-order valence-electron chi connectivity index (χ2n) is 7.21. The maximum Gasteiger partial charge on any atom is 0.253 e. The van der Waals surface area contributed by atoms with Crippen molar-refractivity contribution in [3.05, 3.63) is 65.7 Å². The first-order chi connectivity index (χ1) is 13.5. The van der Waals surface area contributed by atoms with Crippen LogP contribution in [-0.2, 0) is 16.1 Å². The Balaban J connectivity index is 1.60. The van der Waals surface area contributed by atoms with Gasteiger partial charge in [-0.05, 0) is 31.5 Å². The van der Waals surface area contributed by atoms with Crippen LogP contribution >= 0.6 is 0 Å². The fourth-order valence-electron chi connectivity index (χ4n) is 3.47. The highest BCUT2D eigenvalue weighted by Gasteiger charge is 2.24. The third-order valence-electron chi connectivity index (χ3n) is 4.60. The smallest absolute Gasteiger partial charge is 0.253 e. The topological polar surface area (TPSA) is 70.7 Å². The minimum atomic E-state index is -0.214. The molecule has 6 heteroatoms. The summed E-state index contributed by atoms with van der Waals surface area (Å²) in [5, 5.41) is 5.79. The van der Waals surface area contributed by atoms with Gasteiger partial charge in [0.05, 0.1) is 30.0 Å². The average molecular weight is 381 g/mol. The van der Waals surface area contributed by atoms with Gasteiger partial charge in [-0.15, -0.1) is 0 Å². The second kappa shape index (κ2) is 9.48. The molecule has 3 rings (SSSR count). The van der Waals surface area contributed by atoms with Crippen LogP contribution in [0.1, 0.15) is 29.8 Å². The molecule has 0 spiro atoms. The number of ether oxygens (including phenoxy) is 1. The number of carbonyl (C=O) groups excluding carboxylic acids is 2. The summed E-state index contributed by atoms with van der Waals surface area (Å²) in [5.41, 5.74) is 2.00. The lowest BCUT2D eigenvalue weighted by atomic mass is 10.1. The van der Waals surface area contributed by atoms with E-state index in [9.17, 15) is 9.59 Å². The molecule has 1 fully saturated rings. The molecule has 2 N–H and O–H groups in total. The first-order valence-corrected chi connectivity index (χ1v) is 9.60. The summed E-state index contributed by atoms with van der Waals surface area (Å²) in [4.78, 5) is 27.2. The predicted molar refractivity (Wildman–Crippen MR) is 109 cm³/mol. The number of benzene rings is 2. The van der Waals surface area contributed by atoms with Gasteiger partial charge >= 0.3 is 0 Å². The Labute approximate surface area is 165 Å². The standard InChI is InChI=1S/C22H27N3O3/c1-16-13-25(14-17(2)28-16)15-21(26)24-20-11-7-6-10-19(20)22(27)23-12-18-8-4-3-5-9-18/h3-11,16-17H,12-15H2,1-2H3,(H,23,27)(H,24,26)/t16-,17-/m0/s1. The van der Waals surface area contributed by atoms with Crippen LogP contribution in [0.2, 0.25) is 0 Å². The van der Waals surface area contributed by atoms with Gasteiger partial charge in [-0.1, -0.05) is 42.5 Å². The van der Waals surface area contributed by atoms with Crippen LogP contribution in [0.4, 0.5) is 5.69 Å². The number of para-hydroxylation sites is 1. The molecule has 28 heavy (non-hydrogen) atoms. The molecule has 1 saturated heterocycles. The molecule has 6 nitrogen and oxygen atoms in total. The molecule has 0 bridgehead atoms. The van der Waals surface area contributed by atoms with Crippen LogP contribution in [0.3, 0.4) is 0 Å². The molecule has 2 aromatic carbocycles. The summed E-state index contributed by atoms with van der Waals surface area (Å²) < 4.78 is 5.70. The SMILES string of the molecule is C[C@H]1CN(CC(=O)Nc2ccccc2C(=O)NCc2ccccc2)C[C@H](C)O1. The van der Waals surface area contributed by atoms with Gasteiger partial charge in [0.2, 0.25) is 5.91 Å². The molecule has 1 aliphatic heterocycles. The summed E-state index contributed by atoms with van der Waals surface area (Å²) in [7, 11) is 0. The van der Waals surface area contributed by atoms with Crippen LogP contribution in [0.5, 0.6) is 0 Å². The van der Waals surface area contributed by atoms with Crippen molar-refractivity contribution >= 4 is 17.5 Å². The fraction of sp³-hybridized carbons (Fsp3) is 0.364. The zero-order chi connectivity index (χ0) is 19.9. The third kappa shape index (κ3) is 5.65. The van der Waals surface area contributed by atoms with Crippen molar-refractivity contribution < 1.29 is 14.3 Å². The first kappa shape index (κ1) is 20.0. The molecular weight excluding hydrogens is 354 g/mol. The molecule has 0 unspecified atom stereocenters. The van der Waals surface area contributed by atoms with E-state index in [2.05, 4.69) is 15.5 Å². The normalized spacial score (nSPS) is 19.8. The summed E-state index contributed by atoms with van der Waals surface area (Å²) >= 11 is 0. The van der Waals surface area contributed by atoms with Crippen molar-refractivity contribution in [3.8, 4) is 0 Å². The number of carbonyl (C=O) groups is 2. The first-order valence-electron chi connectivity index (χ1n) is 9.60. The molecule has 2 aromatic rings. The van der Waals surface area contributed by atoms with Crippen LogP contribution in [0, 0.1) is 0 Å². The number of anilines is 1. The van der Waals surface area contributed by atoms with E-state index in [1.807, 2.05) is 50.2 Å². The molecule has 148 valence electrons. The molecule has 1 heterocycles. The lowest BCUT2D eigenvalue weighted by Crippen LogP contribution is -2.48. The molecule has 0 aliphatic carbocycles. The van der Waals surface area contributed by atoms with E-state index in [1.54, 1.807) is 18.2 Å². The van der Waals surface area contributed by atoms with E-state index in [1.165, 1.54) is 0 Å². The van der Waals surface area contributed by atoms with Crippen molar-refractivity contribution in [2.45, 2.75) is 32.6 Å². The highest BCUT2D eigenvalue weighted by Crippen LogP contribution is 2.16. The quantitative estimate of drug-likeness (QED) is 0.807. The Morgan fingerprint density at radius 1 is 1.00 bits per heavy atom. The van der Waals surface area contributed by atoms with Gasteiger partial charge in [0.15, 0.2) is 0 Å². The second-order valence-corrected chi connectivity index (χ2v) is 7.21. The van der Waals surface area contributed by atoms with Crippen LogP contribution in [0.25, 0.3) is 0 Å². The van der Waals surface area contributed by atoms with Gasteiger partial charge in [-0.3, -0.25) is 14.5 Å². The largest absolute Gasteiger partial charge is 0.373 e. The molecule has 1 aliphatic rings. The minimum absolute atomic E-state index is 0.104. The Hall–Kier alpha value is -2.70. The van der Waals surface area contributed by atoms with Gasteiger partial charge < -0.3 is 15.4 Å². The third-order valence-corrected chi connectivity index (χ3v) is 4.60. The number of nitrogens with one attached hydrogen (secondary N) is 2. The van der Waals surface area contributed by atoms with Crippen LogP contribution in [0.15, 0.2) is 54.6 Å². The van der Waals surface area contributed by atoms with Crippen molar-refractivity contribution in [3.63, 3.8) is 0 Å². The van der Waals surface area contributed by atoms with E-state index in [-0.39, 0.29) is 30.6 Å². The van der Waals surface area contributed by atoms with Gasteiger partial charge in [-0.25, -0.2) is 0 Å². The molecule has 2 amide bonds. The van der Waals surface area contributed by atoms with Gasteiger partial charge in [0, 0.05) is 19.6 Å². The van der Waals surface area contributed by atoms with Crippen LogP contribution in [-0.4, -0.2) is 48.6 Å². The highest BCUT2D eigenvalue weighted by molar-refractivity contribution is 6.04. The molecular formula is C22H27N3O3. The van der Waals surface area contributed by atoms with E-state index in [0.717, 1.165) is 18.7 Å². The highest BCUT2D eigenvalue weighted by atomic mass is 16.5. The van der Waals surface area contributed by atoms with E-state index in [0.29, 0.717) is 17.8 Å². The number of amides is 2. The lowest BCUT2D eigenvalue weighted by Gasteiger charge is -2.34. The summed E-state index contributed by atoms with van der Waals surface area (Å²) in [5.74, 6) is -0.349. The Morgan fingerprint density at radius 3 is 2.36 bits per heavy atom. The Kier molecular flexibility index (Phi) is 6.79. The average Bonchev–Trinajstić information content (AvgIpc) is 2.66. The number of nitrogens with zero attached hydrogens (tertiary/aromatic N) is 1. The molecule has 0 radical (unpaired) electrons. The van der Waals surface area contributed by atoms with Crippen molar-refractivity contribution in [2.75, 3.05) is 25.0 Å². The molecule has 2 atom stereocenters. The summed E-state index contributed by atoms with van der Waals surface area (Å²) in [6.45, 7) is 6.16. The van der Waals surface area contributed by atoms with Crippen LogP contribution < -0.4 is 10.6 Å². The fourth-order valence-corrected chi connectivity index (χ4v) is 3.47. The zero-order valence-electron chi connectivity index (χ0n) is 16.4.